The number of thiocarbonyl (C=S) groups is 1. The Kier molecular flexibility index (Phi) is 8.20. The Hall–Kier alpha value is -2.47. The second kappa shape index (κ2) is 10.6. The molecule has 0 aromatic heterocycles. The molecular formula is C21H28N2O3S. The lowest BCUT2D eigenvalue weighted by atomic mass is 10.1. The molecule has 0 saturated carbocycles. The van der Waals surface area contributed by atoms with Crippen molar-refractivity contribution in [1.82, 2.24) is 5.32 Å². The molecule has 0 spiro atoms. The van der Waals surface area contributed by atoms with Gasteiger partial charge in [-0.2, -0.15) is 0 Å². The molecule has 146 valence electrons. The van der Waals surface area contributed by atoms with Crippen LogP contribution in [0, 0.1) is 0 Å². The second-order valence-corrected chi connectivity index (χ2v) is 6.26. The highest BCUT2D eigenvalue weighted by molar-refractivity contribution is 7.80. The molecule has 2 N–H and O–H groups in total. The second-order valence-electron chi connectivity index (χ2n) is 5.85. The predicted molar refractivity (Wildman–Crippen MR) is 114 cm³/mol. The minimum atomic E-state index is 0.0163. The quantitative estimate of drug-likeness (QED) is 0.594. The van der Waals surface area contributed by atoms with Crippen molar-refractivity contribution in [3.05, 3.63) is 48.0 Å². The van der Waals surface area contributed by atoms with Crippen molar-refractivity contribution in [2.45, 2.75) is 33.7 Å². The van der Waals surface area contributed by atoms with E-state index in [1.807, 2.05) is 63.2 Å². The molecule has 1 atom stereocenters. The summed E-state index contributed by atoms with van der Waals surface area (Å²) in [6.45, 7) is 9.77. The van der Waals surface area contributed by atoms with Crippen LogP contribution in [0.3, 0.4) is 0 Å². The van der Waals surface area contributed by atoms with Gasteiger partial charge >= 0.3 is 0 Å². The Bertz CT molecular complexity index is 735. The maximum absolute atomic E-state index is 5.70. The van der Waals surface area contributed by atoms with Crippen molar-refractivity contribution < 1.29 is 14.2 Å². The van der Waals surface area contributed by atoms with Crippen LogP contribution in [0.1, 0.15) is 39.3 Å². The molecular weight excluding hydrogens is 360 g/mol. The molecule has 2 aromatic rings. The van der Waals surface area contributed by atoms with Crippen molar-refractivity contribution >= 4 is 23.0 Å². The highest BCUT2D eigenvalue weighted by atomic mass is 32.1. The summed E-state index contributed by atoms with van der Waals surface area (Å²) in [6.07, 6.45) is 0. The summed E-state index contributed by atoms with van der Waals surface area (Å²) in [7, 11) is 0. The molecule has 0 radical (unpaired) electrons. The summed E-state index contributed by atoms with van der Waals surface area (Å²) < 4.78 is 16.8. The lowest BCUT2D eigenvalue weighted by Gasteiger charge is -2.19. The van der Waals surface area contributed by atoms with Crippen molar-refractivity contribution in [3.8, 4) is 17.2 Å². The molecule has 0 aliphatic heterocycles. The van der Waals surface area contributed by atoms with Crippen LogP contribution in [-0.2, 0) is 0 Å². The molecule has 0 unspecified atom stereocenters. The fraction of sp³-hybridized carbons (Fsp3) is 0.381. The summed E-state index contributed by atoms with van der Waals surface area (Å²) in [5.74, 6) is 2.34. The van der Waals surface area contributed by atoms with E-state index < -0.39 is 0 Å². The summed E-state index contributed by atoms with van der Waals surface area (Å²) >= 11 is 5.44. The number of nitrogens with one attached hydrogen (secondary N) is 2. The third kappa shape index (κ3) is 6.32. The first-order valence-electron chi connectivity index (χ1n) is 9.27. The largest absolute Gasteiger partial charge is 0.494 e. The lowest BCUT2D eigenvalue weighted by molar-refractivity contribution is 0.287. The maximum atomic E-state index is 5.70. The highest BCUT2D eigenvalue weighted by Gasteiger charge is 2.12. The van der Waals surface area contributed by atoms with E-state index in [0.29, 0.717) is 24.9 Å². The van der Waals surface area contributed by atoms with Crippen LogP contribution in [0.25, 0.3) is 0 Å². The van der Waals surface area contributed by atoms with Gasteiger partial charge in [-0.15, -0.1) is 0 Å². The van der Waals surface area contributed by atoms with Gasteiger partial charge in [0.2, 0.25) is 0 Å². The molecule has 0 aliphatic rings. The van der Waals surface area contributed by atoms with E-state index in [4.69, 9.17) is 26.4 Å². The van der Waals surface area contributed by atoms with E-state index in [-0.39, 0.29) is 6.04 Å². The first-order chi connectivity index (χ1) is 13.1. The maximum Gasteiger partial charge on any atom is 0.171 e. The van der Waals surface area contributed by atoms with E-state index in [0.717, 1.165) is 28.5 Å². The Balaban J connectivity index is 1.99. The van der Waals surface area contributed by atoms with Crippen LogP contribution < -0.4 is 24.8 Å². The summed E-state index contributed by atoms with van der Waals surface area (Å²) in [4.78, 5) is 0. The van der Waals surface area contributed by atoms with Crippen molar-refractivity contribution in [1.29, 1.82) is 0 Å². The number of hydrogen-bond donors (Lipinski definition) is 2. The average Bonchev–Trinajstić information content (AvgIpc) is 2.65. The molecule has 0 amide bonds. The van der Waals surface area contributed by atoms with Gasteiger partial charge in [0, 0.05) is 5.69 Å². The third-order valence-electron chi connectivity index (χ3n) is 3.84. The van der Waals surface area contributed by atoms with Crippen LogP contribution in [-0.4, -0.2) is 24.9 Å². The average molecular weight is 389 g/mol. The zero-order valence-electron chi connectivity index (χ0n) is 16.4. The van der Waals surface area contributed by atoms with Gasteiger partial charge in [-0.1, -0.05) is 6.07 Å². The van der Waals surface area contributed by atoms with Gasteiger partial charge in [-0.3, -0.25) is 0 Å². The zero-order chi connectivity index (χ0) is 19.6. The molecule has 0 heterocycles. The molecule has 5 nitrogen and oxygen atoms in total. The molecule has 2 rings (SSSR count). The third-order valence-corrected chi connectivity index (χ3v) is 4.06. The van der Waals surface area contributed by atoms with Gasteiger partial charge in [0.15, 0.2) is 16.6 Å². The Morgan fingerprint density at radius 1 is 0.889 bits per heavy atom. The van der Waals surface area contributed by atoms with Crippen molar-refractivity contribution in [3.63, 3.8) is 0 Å². The standard InChI is InChI=1S/C21H28N2O3S/c1-5-24-18-11-9-17(10-12-18)23-21(27)22-15(4)16-8-13-19(25-6-2)20(14-16)26-7-3/h8-15H,5-7H2,1-4H3,(H2,22,23,27)/t15-/m1/s1. The molecule has 2 aromatic carbocycles. The lowest BCUT2D eigenvalue weighted by Crippen LogP contribution is -2.30. The van der Waals surface area contributed by atoms with Crippen LogP contribution in [0.4, 0.5) is 5.69 Å². The van der Waals surface area contributed by atoms with Crippen LogP contribution in [0.15, 0.2) is 42.5 Å². The van der Waals surface area contributed by atoms with Crippen LogP contribution in [0.5, 0.6) is 17.2 Å². The minimum absolute atomic E-state index is 0.0163. The topological polar surface area (TPSA) is 51.8 Å². The monoisotopic (exact) mass is 388 g/mol. The van der Waals surface area contributed by atoms with E-state index in [2.05, 4.69) is 17.6 Å². The zero-order valence-corrected chi connectivity index (χ0v) is 17.2. The Labute approximate surface area is 167 Å². The van der Waals surface area contributed by atoms with E-state index in [1.165, 1.54) is 0 Å². The fourth-order valence-corrected chi connectivity index (χ4v) is 2.88. The fourth-order valence-electron chi connectivity index (χ4n) is 2.59. The van der Waals surface area contributed by atoms with Gasteiger partial charge < -0.3 is 24.8 Å². The SMILES string of the molecule is CCOc1ccc(NC(=S)N[C@H](C)c2ccc(OCC)c(OCC)c2)cc1. The van der Waals surface area contributed by atoms with E-state index in [9.17, 15) is 0 Å². The molecule has 0 fully saturated rings. The van der Waals surface area contributed by atoms with Crippen molar-refractivity contribution in [2.75, 3.05) is 25.1 Å². The number of benzene rings is 2. The number of ether oxygens (including phenoxy) is 3. The van der Waals surface area contributed by atoms with E-state index in [1.54, 1.807) is 0 Å². The van der Waals surface area contributed by atoms with Gasteiger partial charge in [0.05, 0.1) is 25.9 Å². The first kappa shape index (κ1) is 20.8. The van der Waals surface area contributed by atoms with Gasteiger partial charge in [-0.05, 0) is 81.9 Å². The number of rotatable bonds is 9. The summed E-state index contributed by atoms with van der Waals surface area (Å²) in [5.41, 5.74) is 1.97. The molecule has 6 heteroatoms. The Morgan fingerprint density at radius 2 is 1.52 bits per heavy atom. The highest BCUT2D eigenvalue weighted by Crippen LogP contribution is 2.30. The van der Waals surface area contributed by atoms with Crippen LogP contribution >= 0.6 is 12.2 Å². The van der Waals surface area contributed by atoms with Gasteiger partial charge in [0.25, 0.3) is 0 Å². The normalized spacial score (nSPS) is 11.4. The smallest absolute Gasteiger partial charge is 0.171 e. The predicted octanol–water partition coefficient (Wildman–Crippen LogP) is 4.93. The van der Waals surface area contributed by atoms with Gasteiger partial charge in [-0.25, -0.2) is 0 Å². The first-order valence-corrected chi connectivity index (χ1v) is 9.68. The molecule has 0 bridgehead atoms. The number of hydrogen-bond acceptors (Lipinski definition) is 4. The summed E-state index contributed by atoms with van der Waals surface area (Å²) in [6, 6.07) is 13.7. The Morgan fingerprint density at radius 3 is 2.15 bits per heavy atom. The summed E-state index contributed by atoms with van der Waals surface area (Å²) in [5, 5.41) is 7.04. The van der Waals surface area contributed by atoms with E-state index >= 15 is 0 Å². The minimum Gasteiger partial charge on any atom is -0.494 e. The van der Waals surface area contributed by atoms with Crippen molar-refractivity contribution in [2.24, 2.45) is 0 Å². The number of anilines is 1. The molecule has 27 heavy (non-hydrogen) atoms. The van der Waals surface area contributed by atoms with Gasteiger partial charge in [0.1, 0.15) is 5.75 Å². The molecule has 0 aliphatic carbocycles. The van der Waals surface area contributed by atoms with Crippen LogP contribution in [0.2, 0.25) is 0 Å². The molecule has 0 saturated heterocycles.